The summed E-state index contributed by atoms with van der Waals surface area (Å²) < 4.78 is 7.78. The van der Waals surface area contributed by atoms with Crippen molar-refractivity contribution in [2.45, 2.75) is 26.0 Å². The molecule has 2 aromatic heterocycles. The van der Waals surface area contributed by atoms with E-state index < -0.39 is 6.10 Å². The molecular formula is C15H14BrNO3S. The van der Waals surface area contributed by atoms with E-state index in [4.69, 9.17) is 4.42 Å². The van der Waals surface area contributed by atoms with Crippen molar-refractivity contribution in [3.63, 3.8) is 0 Å². The summed E-state index contributed by atoms with van der Waals surface area (Å²) in [4.78, 5) is 12.7. The van der Waals surface area contributed by atoms with Crippen molar-refractivity contribution in [3.05, 3.63) is 55.1 Å². The van der Waals surface area contributed by atoms with Crippen LogP contribution in [0.15, 0.2) is 43.3 Å². The van der Waals surface area contributed by atoms with Crippen LogP contribution in [0, 0.1) is 0 Å². The van der Waals surface area contributed by atoms with Crippen LogP contribution < -0.4 is 5.76 Å². The maximum absolute atomic E-state index is 11.8. The zero-order valence-corrected chi connectivity index (χ0v) is 13.8. The van der Waals surface area contributed by atoms with E-state index in [1.165, 1.54) is 11.3 Å². The van der Waals surface area contributed by atoms with E-state index in [0.717, 1.165) is 21.3 Å². The first-order chi connectivity index (χ1) is 10.1. The fourth-order valence-electron chi connectivity index (χ4n) is 2.34. The Morgan fingerprint density at radius 3 is 2.90 bits per heavy atom. The molecule has 1 aromatic carbocycles. The second-order valence-electron chi connectivity index (χ2n) is 4.78. The van der Waals surface area contributed by atoms with Crippen LogP contribution in [0.3, 0.4) is 0 Å². The highest BCUT2D eigenvalue weighted by Crippen LogP contribution is 2.33. The third kappa shape index (κ3) is 2.59. The largest absolute Gasteiger partial charge is 0.419 e. The number of aliphatic hydroxyl groups is 1. The molecule has 21 heavy (non-hydrogen) atoms. The Kier molecular flexibility index (Phi) is 4.01. The van der Waals surface area contributed by atoms with Crippen molar-refractivity contribution in [2.75, 3.05) is 0 Å². The van der Waals surface area contributed by atoms with Crippen LogP contribution in [0.4, 0.5) is 0 Å². The van der Waals surface area contributed by atoms with Gasteiger partial charge in [-0.15, -0.1) is 11.3 Å². The number of halogens is 1. The van der Waals surface area contributed by atoms with Crippen LogP contribution in [0.2, 0.25) is 0 Å². The molecule has 0 saturated heterocycles. The third-order valence-corrected chi connectivity index (χ3v) is 5.27. The van der Waals surface area contributed by atoms with E-state index in [-0.39, 0.29) is 5.76 Å². The summed E-state index contributed by atoms with van der Waals surface area (Å²) in [6.45, 7) is 2.64. The summed E-state index contributed by atoms with van der Waals surface area (Å²) in [6.07, 6.45) is 0.129. The van der Waals surface area contributed by atoms with Crippen LogP contribution in [-0.2, 0) is 6.54 Å². The van der Waals surface area contributed by atoms with Gasteiger partial charge in [0.05, 0.1) is 10.4 Å². The molecule has 0 aliphatic heterocycles. The Hall–Kier alpha value is -1.37. The summed E-state index contributed by atoms with van der Waals surface area (Å²) in [6, 6.07) is 7.30. The highest BCUT2D eigenvalue weighted by atomic mass is 79.9. The number of hydrogen-bond acceptors (Lipinski definition) is 4. The number of fused-ring (bicyclic) bond motifs is 1. The first-order valence-corrected chi connectivity index (χ1v) is 8.33. The van der Waals surface area contributed by atoms with Crippen molar-refractivity contribution in [1.82, 2.24) is 4.57 Å². The highest BCUT2D eigenvalue weighted by molar-refractivity contribution is 9.10. The highest BCUT2D eigenvalue weighted by Gasteiger charge is 2.17. The molecule has 0 amide bonds. The number of nitrogens with zero attached hydrogens (tertiary/aromatic N) is 1. The monoisotopic (exact) mass is 367 g/mol. The molecule has 3 rings (SSSR count). The van der Waals surface area contributed by atoms with Crippen LogP contribution in [-0.4, -0.2) is 9.67 Å². The molecule has 0 spiro atoms. The van der Waals surface area contributed by atoms with Crippen LogP contribution in [0.25, 0.3) is 11.1 Å². The van der Waals surface area contributed by atoms with Gasteiger partial charge in [-0.1, -0.05) is 13.0 Å². The minimum absolute atomic E-state index is 0.351. The fraction of sp³-hybridized carbons (Fsp3) is 0.267. The van der Waals surface area contributed by atoms with Crippen LogP contribution in [0.1, 0.15) is 29.9 Å². The molecule has 0 aliphatic rings. The minimum Gasteiger partial charge on any atom is -0.408 e. The van der Waals surface area contributed by atoms with Crippen molar-refractivity contribution in [1.29, 1.82) is 0 Å². The van der Waals surface area contributed by atoms with E-state index in [0.29, 0.717) is 17.7 Å². The third-order valence-electron chi connectivity index (χ3n) is 3.35. The van der Waals surface area contributed by atoms with Gasteiger partial charge < -0.3 is 9.52 Å². The second-order valence-corrected chi connectivity index (χ2v) is 6.58. The van der Waals surface area contributed by atoms with E-state index in [1.54, 1.807) is 10.6 Å². The number of oxazole rings is 1. The quantitative estimate of drug-likeness (QED) is 0.760. The minimum atomic E-state index is -0.733. The number of aryl methyl sites for hydroxylation is 1. The van der Waals surface area contributed by atoms with Gasteiger partial charge in [-0.25, -0.2) is 4.79 Å². The predicted octanol–water partition coefficient (Wildman–Crippen LogP) is 3.91. The molecule has 1 atom stereocenters. The van der Waals surface area contributed by atoms with Crippen LogP contribution in [0.5, 0.6) is 0 Å². The zero-order chi connectivity index (χ0) is 15.0. The maximum Gasteiger partial charge on any atom is 0.419 e. The summed E-state index contributed by atoms with van der Waals surface area (Å²) in [7, 11) is 0. The number of benzene rings is 1. The summed E-state index contributed by atoms with van der Waals surface area (Å²) in [5.74, 6) is -0.351. The van der Waals surface area contributed by atoms with Crippen molar-refractivity contribution in [3.8, 4) is 0 Å². The molecule has 110 valence electrons. The first kappa shape index (κ1) is 14.6. The number of thiophene rings is 1. The normalized spacial score (nSPS) is 12.9. The fourth-order valence-corrected chi connectivity index (χ4v) is 3.94. The second kappa shape index (κ2) is 5.79. The van der Waals surface area contributed by atoms with Gasteiger partial charge >= 0.3 is 5.76 Å². The summed E-state index contributed by atoms with van der Waals surface area (Å²) >= 11 is 4.90. The SMILES string of the molecule is CCCn1c(=O)oc2cc(C(O)c3sccc3Br)ccc21. The number of aliphatic hydroxyl groups excluding tert-OH is 1. The Morgan fingerprint density at radius 1 is 1.43 bits per heavy atom. The van der Waals surface area contributed by atoms with E-state index >= 15 is 0 Å². The topological polar surface area (TPSA) is 55.4 Å². The molecule has 0 saturated carbocycles. The van der Waals surface area contributed by atoms with Gasteiger partial charge in [-0.05, 0) is 51.5 Å². The lowest BCUT2D eigenvalue weighted by molar-refractivity contribution is 0.223. The predicted molar refractivity (Wildman–Crippen MR) is 86.8 cm³/mol. The first-order valence-electron chi connectivity index (χ1n) is 6.66. The van der Waals surface area contributed by atoms with Crippen molar-refractivity contribution < 1.29 is 9.52 Å². The molecular weight excluding hydrogens is 354 g/mol. The lowest BCUT2D eigenvalue weighted by atomic mass is 10.1. The average Bonchev–Trinajstić information content (AvgIpc) is 3.02. The molecule has 0 radical (unpaired) electrons. The smallest absolute Gasteiger partial charge is 0.408 e. The molecule has 2 heterocycles. The Balaban J connectivity index is 2.06. The van der Waals surface area contributed by atoms with Gasteiger partial charge in [-0.3, -0.25) is 4.57 Å². The lowest BCUT2D eigenvalue weighted by Crippen LogP contribution is -2.13. The molecule has 1 N–H and O–H groups in total. The van der Waals surface area contributed by atoms with Crippen LogP contribution >= 0.6 is 27.3 Å². The van der Waals surface area contributed by atoms with E-state index in [2.05, 4.69) is 15.9 Å². The van der Waals surface area contributed by atoms with Gasteiger partial charge in [0.2, 0.25) is 0 Å². The Morgan fingerprint density at radius 2 is 2.24 bits per heavy atom. The number of rotatable bonds is 4. The van der Waals surface area contributed by atoms with E-state index in [1.807, 2.05) is 30.5 Å². The maximum atomic E-state index is 11.8. The lowest BCUT2D eigenvalue weighted by Gasteiger charge is -2.10. The Bertz CT molecular complexity index is 833. The van der Waals surface area contributed by atoms with Crippen molar-refractivity contribution in [2.24, 2.45) is 0 Å². The Labute approximate surface area is 133 Å². The van der Waals surface area contributed by atoms with Gasteiger partial charge in [0.25, 0.3) is 0 Å². The summed E-state index contributed by atoms with van der Waals surface area (Å²) in [5, 5.41) is 12.4. The zero-order valence-electron chi connectivity index (χ0n) is 11.4. The van der Waals surface area contributed by atoms with Gasteiger partial charge in [0, 0.05) is 11.0 Å². The molecule has 0 fully saturated rings. The van der Waals surface area contributed by atoms with Crippen molar-refractivity contribution >= 4 is 38.4 Å². The summed E-state index contributed by atoms with van der Waals surface area (Å²) in [5.41, 5.74) is 1.99. The molecule has 1 unspecified atom stereocenters. The molecule has 3 aromatic rings. The average molecular weight is 368 g/mol. The molecule has 4 nitrogen and oxygen atoms in total. The number of hydrogen-bond donors (Lipinski definition) is 1. The van der Waals surface area contributed by atoms with E-state index in [9.17, 15) is 9.90 Å². The number of aromatic nitrogens is 1. The molecule has 0 aliphatic carbocycles. The van der Waals surface area contributed by atoms with Gasteiger partial charge in [0.1, 0.15) is 6.10 Å². The van der Waals surface area contributed by atoms with Gasteiger partial charge in [0.15, 0.2) is 5.58 Å². The van der Waals surface area contributed by atoms with Gasteiger partial charge in [-0.2, -0.15) is 0 Å². The molecule has 0 bridgehead atoms. The molecule has 6 heteroatoms. The standard InChI is InChI=1S/C15H14BrNO3S/c1-2-6-17-11-4-3-9(8-12(11)20-15(17)19)13(18)14-10(16)5-7-21-14/h3-5,7-8,13,18H,2,6H2,1H3.